The van der Waals surface area contributed by atoms with Crippen LogP contribution < -0.4 is 4.74 Å². The number of rotatable bonds is 2. The van der Waals surface area contributed by atoms with Gasteiger partial charge in [0.25, 0.3) is 5.19 Å². The smallest absolute Gasteiger partial charge is 0.300 e. The maximum Gasteiger partial charge on any atom is 0.300 e. The normalized spacial score (nSPS) is 9.60. The molecule has 74 valence electrons. The van der Waals surface area contributed by atoms with Crippen LogP contribution in [0.1, 0.15) is 5.56 Å². The maximum atomic E-state index is 8.83. The second-order valence-electron chi connectivity index (χ2n) is 2.53. The van der Waals surface area contributed by atoms with Gasteiger partial charge >= 0.3 is 0 Å². The lowest BCUT2D eigenvalue weighted by atomic mass is 10.2. The van der Waals surface area contributed by atoms with Crippen molar-refractivity contribution in [2.45, 2.75) is 0 Å². The molecule has 0 unspecified atom stereocenters. The number of ether oxygens (including phenoxy) is 1. The molecular weight excluding hydrogens is 278 g/mol. The molecule has 0 aliphatic heterocycles. The van der Waals surface area contributed by atoms with Gasteiger partial charge in [0.1, 0.15) is 11.8 Å². The maximum absolute atomic E-state index is 8.83. The van der Waals surface area contributed by atoms with Crippen LogP contribution in [-0.2, 0) is 0 Å². The molecule has 4 nitrogen and oxygen atoms in total. The van der Waals surface area contributed by atoms with E-state index in [0.29, 0.717) is 20.4 Å². The number of benzene rings is 1. The predicted molar refractivity (Wildman–Crippen MR) is 58.8 cm³/mol. The van der Waals surface area contributed by atoms with E-state index in [1.54, 1.807) is 24.3 Å². The number of hydrogen-bond acceptors (Lipinski definition) is 5. The van der Waals surface area contributed by atoms with Crippen molar-refractivity contribution in [3.05, 3.63) is 33.7 Å². The number of aromatic nitrogens is 2. The van der Waals surface area contributed by atoms with E-state index in [2.05, 4.69) is 26.1 Å². The predicted octanol–water partition coefficient (Wildman–Crippen LogP) is 2.96. The van der Waals surface area contributed by atoms with Crippen LogP contribution in [0.4, 0.5) is 0 Å². The highest BCUT2D eigenvalue weighted by Gasteiger charge is 2.07. The molecule has 6 heteroatoms. The molecule has 1 heterocycles. The van der Waals surface area contributed by atoms with Crippen LogP contribution in [0.3, 0.4) is 0 Å². The molecule has 0 radical (unpaired) electrons. The van der Waals surface area contributed by atoms with Crippen molar-refractivity contribution in [2.24, 2.45) is 0 Å². The molecular formula is C9H4BrN3OS. The molecule has 0 saturated heterocycles. The minimum absolute atomic E-state index is 0.407. The number of hydrogen-bond donors (Lipinski definition) is 0. The summed E-state index contributed by atoms with van der Waals surface area (Å²) in [4.78, 5) is 0. The van der Waals surface area contributed by atoms with Crippen molar-refractivity contribution in [1.82, 2.24) is 10.2 Å². The third-order valence-electron chi connectivity index (χ3n) is 1.59. The molecule has 0 fully saturated rings. The zero-order valence-electron chi connectivity index (χ0n) is 7.35. The van der Waals surface area contributed by atoms with E-state index >= 15 is 0 Å². The highest BCUT2D eigenvalue weighted by molar-refractivity contribution is 9.11. The SMILES string of the molecule is N#Cc1ccccc1Oc1nnc(Br)s1. The first kappa shape index (κ1) is 10.1. The zero-order valence-corrected chi connectivity index (χ0v) is 9.75. The second kappa shape index (κ2) is 4.38. The van der Waals surface area contributed by atoms with E-state index in [1.807, 2.05) is 6.07 Å². The summed E-state index contributed by atoms with van der Waals surface area (Å²) in [6, 6.07) is 9.02. The van der Waals surface area contributed by atoms with Gasteiger partial charge in [0.05, 0.1) is 5.56 Å². The summed E-state index contributed by atoms with van der Waals surface area (Å²) in [5, 5.41) is 16.8. The minimum Gasteiger partial charge on any atom is -0.428 e. The van der Waals surface area contributed by atoms with Crippen LogP contribution in [0.2, 0.25) is 0 Å². The fourth-order valence-electron chi connectivity index (χ4n) is 0.976. The fourth-order valence-corrected chi connectivity index (χ4v) is 1.91. The minimum atomic E-state index is 0.407. The monoisotopic (exact) mass is 281 g/mol. The van der Waals surface area contributed by atoms with Crippen molar-refractivity contribution in [1.29, 1.82) is 5.26 Å². The average Bonchev–Trinajstić information content (AvgIpc) is 2.65. The van der Waals surface area contributed by atoms with Crippen LogP contribution in [0.25, 0.3) is 0 Å². The summed E-state index contributed by atoms with van der Waals surface area (Å²) in [5.74, 6) is 0.489. The van der Waals surface area contributed by atoms with Gasteiger partial charge in [-0.15, -0.1) is 5.10 Å². The molecule has 0 saturated carbocycles. The average molecular weight is 282 g/mol. The number of para-hydroxylation sites is 1. The lowest BCUT2D eigenvalue weighted by molar-refractivity contribution is 0.471. The van der Waals surface area contributed by atoms with Gasteiger partial charge in [0.2, 0.25) is 0 Å². The Hall–Kier alpha value is -1.45. The zero-order chi connectivity index (χ0) is 10.7. The quantitative estimate of drug-likeness (QED) is 0.849. The Kier molecular flexibility index (Phi) is 2.94. The standard InChI is InChI=1S/C9H4BrN3OS/c10-8-12-13-9(15-8)14-7-4-2-1-3-6(7)5-11/h1-4H. The lowest BCUT2D eigenvalue weighted by Crippen LogP contribution is -1.86. The third kappa shape index (κ3) is 2.32. The van der Waals surface area contributed by atoms with Gasteiger partial charge in [-0.3, -0.25) is 0 Å². The van der Waals surface area contributed by atoms with Gasteiger partial charge in [-0.2, -0.15) is 5.26 Å². The Bertz CT molecular complexity index is 520. The summed E-state index contributed by atoms with van der Waals surface area (Å²) in [6.07, 6.45) is 0. The van der Waals surface area contributed by atoms with Crippen LogP contribution in [0.5, 0.6) is 10.9 Å². The largest absolute Gasteiger partial charge is 0.428 e. The lowest BCUT2D eigenvalue weighted by Gasteiger charge is -2.01. The van der Waals surface area contributed by atoms with Crippen molar-refractivity contribution < 1.29 is 4.74 Å². The van der Waals surface area contributed by atoms with Gasteiger partial charge < -0.3 is 4.74 Å². The first-order chi connectivity index (χ1) is 7.29. The van der Waals surface area contributed by atoms with Crippen molar-refractivity contribution >= 4 is 27.3 Å². The van der Waals surface area contributed by atoms with Gasteiger partial charge in [-0.05, 0) is 39.4 Å². The van der Waals surface area contributed by atoms with E-state index in [9.17, 15) is 0 Å². The highest BCUT2D eigenvalue weighted by atomic mass is 79.9. The molecule has 15 heavy (non-hydrogen) atoms. The van der Waals surface area contributed by atoms with Gasteiger partial charge in [-0.1, -0.05) is 17.2 Å². The summed E-state index contributed by atoms with van der Waals surface area (Å²) in [6.45, 7) is 0. The summed E-state index contributed by atoms with van der Waals surface area (Å²) >= 11 is 4.45. The van der Waals surface area contributed by atoms with E-state index in [1.165, 1.54) is 11.3 Å². The Labute approximate surface area is 98.3 Å². The molecule has 0 aliphatic carbocycles. The summed E-state index contributed by atoms with van der Waals surface area (Å²) in [5.41, 5.74) is 0.476. The molecule has 0 aliphatic rings. The molecule has 0 N–H and O–H groups in total. The first-order valence-corrected chi connectivity index (χ1v) is 5.56. The molecule has 2 rings (SSSR count). The van der Waals surface area contributed by atoms with Crippen LogP contribution in [0, 0.1) is 11.3 Å². The molecule has 0 bridgehead atoms. The Morgan fingerprint density at radius 1 is 1.33 bits per heavy atom. The second-order valence-corrected chi connectivity index (χ2v) is 4.75. The van der Waals surface area contributed by atoms with Crippen molar-refractivity contribution in [3.63, 3.8) is 0 Å². The van der Waals surface area contributed by atoms with E-state index in [-0.39, 0.29) is 0 Å². The number of nitriles is 1. The van der Waals surface area contributed by atoms with Crippen LogP contribution >= 0.6 is 27.3 Å². The van der Waals surface area contributed by atoms with Crippen molar-refractivity contribution in [2.75, 3.05) is 0 Å². The van der Waals surface area contributed by atoms with E-state index < -0.39 is 0 Å². The Morgan fingerprint density at radius 2 is 2.13 bits per heavy atom. The Morgan fingerprint density at radius 3 is 2.80 bits per heavy atom. The van der Waals surface area contributed by atoms with Gasteiger partial charge in [0.15, 0.2) is 3.92 Å². The molecule has 0 atom stereocenters. The van der Waals surface area contributed by atoms with Gasteiger partial charge in [0, 0.05) is 0 Å². The van der Waals surface area contributed by atoms with E-state index in [4.69, 9.17) is 10.00 Å². The molecule has 2 aromatic rings. The molecule has 1 aromatic heterocycles. The fraction of sp³-hybridized carbons (Fsp3) is 0. The van der Waals surface area contributed by atoms with Crippen LogP contribution in [-0.4, -0.2) is 10.2 Å². The first-order valence-electron chi connectivity index (χ1n) is 3.95. The van der Waals surface area contributed by atoms with Gasteiger partial charge in [-0.25, -0.2) is 0 Å². The molecule has 0 amide bonds. The summed E-state index contributed by atoms with van der Waals surface area (Å²) in [7, 11) is 0. The Balaban J connectivity index is 2.28. The summed E-state index contributed by atoms with van der Waals surface area (Å²) < 4.78 is 6.06. The molecule has 1 aromatic carbocycles. The highest BCUT2D eigenvalue weighted by Crippen LogP contribution is 2.29. The van der Waals surface area contributed by atoms with E-state index in [0.717, 1.165) is 0 Å². The van der Waals surface area contributed by atoms with Crippen LogP contribution in [0.15, 0.2) is 28.2 Å². The third-order valence-corrected chi connectivity index (χ3v) is 2.82. The van der Waals surface area contributed by atoms with Crippen molar-refractivity contribution in [3.8, 4) is 17.0 Å². The number of nitrogens with zero attached hydrogens (tertiary/aromatic N) is 3. The number of halogens is 1. The molecule has 0 spiro atoms. The topological polar surface area (TPSA) is 58.8 Å².